The number of esters is 1. The highest BCUT2D eigenvalue weighted by molar-refractivity contribution is 5.93. The van der Waals surface area contributed by atoms with Crippen LogP contribution >= 0.6 is 0 Å². The normalized spacial score (nSPS) is 23.6. The van der Waals surface area contributed by atoms with E-state index in [9.17, 15) is 9.18 Å². The number of ether oxygens (including phenoxy) is 1. The number of carbonyl (C=O) groups excluding carboxylic acids is 1. The predicted molar refractivity (Wildman–Crippen MR) is 95.3 cm³/mol. The lowest BCUT2D eigenvalue weighted by Gasteiger charge is -2.38. The number of fused-ring (bicyclic) bond motifs is 3. The van der Waals surface area contributed by atoms with Gasteiger partial charge in [-0.25, -0.2) is 9.18 Å². The fraction of sp³-hybridized carbons (Fsp3) is 0.286. The van der Waals surface area contributed by atoms with Crippen LogP contribution in [-0.2, 0) is 4.74 Å². The van der Waals surface area contributed by atoms with E-state index in [1.165, 1.54) is 24.8 Å². The first kappa shape index (κ1) is 15.9. The van der Waals surface area contributed by atoms with Crippen molar-refractivity contribution >= 4 is 11.7 Å². The van der Waals surface area contributed by atoms with Gasteiger partial charge in [0, 0.05) is 11.6 Å². The smallest absolute Gasteiger partial charge is 0.338 e. The van der Waals surface area contributed by atoms with Crippen molar-refractivity contribution in [2.75, 3.05) is 12.4 Å². The molecule has 0 spiro atoms. The maximum Gasteiger partial charge on any atom is 0.338 e. The molecule has 2 aliphatic rings. The summed E-state index contributed by atoms with van der Waals surface area (Å²) in [4.78, 5) is 12.0. The molecule has 2 aromatic carbocycles. The number of hydrogen-bond acceptors (Lipinski definition) is 3. The van der Waals surface area contributed by atoms with Crippen molar-refractivity contribution in [1.82, 2.24) is 0 Å². The maximum absolute atomic E-state index is 13.3. The van der Waals surface area contributed by atoms with Crippen LogP contribution in [0.5, 0.6) is 0 Å². The third-order valence-electron chi connectivity index (χ3n) is 5.43. The Labute approximate surface area is 146 Å². The van der Waals surface area contributed by atoms with Gasteiger partial charge in [0.05, 0.1) is 18.7 Å². The monoisotopic (exact) mass is 337 g/mol. The lowest BCUT2D eigenvalue weighted by Crippen LogP contribution is -2.30. The molecule has 0 bridgehead atoms. The zero-order valence-corrected chi connectivity index (χ0v) is 14.3. The van der Waals surface area contributed by atoms with Gasteiger partial charge in [-0.2, -0.15) is 0 Å². The van der Waals surface area contributed by atoms with E-state index in [0.717, 1.165) is 23.2 Å². The van der Waals surface area contributed by atoms with Crippen LogP contribution < -0.4 is 5.32 Å². The molecular formula is C21H20FNO2. The summed E-state index contributed by atoms with van der Waals surface area (Å²) in [6.07, 6.45) is 5.45. The standard InChI is InChI=1S/C21H20FNO2/c1-12-15(21(24)25-2)10-11-18-16-4-3-5-17(16)20(23-19(12)18)13-6-8-14(22)9-7-13/h3-4,6-11,16-17,20,23H,5H2,1-2H3/t16-,17-,20+/m0/s1. The molecule has 0 saturated carbocycles. The van der Waals surface area contributed by atoms with Crippen molar-refractivity contribution < 1.29 is 13.9 Å². The molecule has 0 aromatic heterocycles. The number of benzene rings is 2. The van der Waals surface area contributed by atoms with Crippen molar-refractivity contribution in [2.45, 2.75) is 25.3 Å². The molecule has 4 heteroatoms. The predicted octanol–water partition coefficient (Wildman–Crippen LogP) is 4.75. The first-order valence-electron chi connectivity index (χ1n) is 8.50. The van der Waals surface area contributed by atoms with Crippen LogP contribution in [0.15, 0.2) is 48.6 Å². The van der Waals surface area contributed by atoms with Gasteiger partial charge in [-0.15, -0.1) is 0 Å². The van der Waals surface area contributed by atoms with Gasteiger partial charge < -0.3 is 10.1 Å². The Balaban J connectivity index is 1.81. The van der Waals surface area contributed by atoms with E-state index >= 15 is 0 Å². The quantitative estimate of drug-likeness (QED) is 0.635. The second kappa shape index (κ2) is 6.03. The van der Waals surface area contributed by atoms with E-state index in [4.69, 9.17) is 4.74 Å². The third kappa shape index (κ3) is 2.53. The van der Waals surface area contributed by atoms with Gasteiger partial charge >= 0.3 is 5.97 Å². The minimum atomic E-state index is -0.329. The Morgan fingerprint density at radius 2 is 1.96 bits per heavy atom. The van der Waals surface area contributed by atoms with Crippen molar-refractivity contribution in [3.63, 3.8) is 0 Å². The van der Waals surface area contributed by atoms with Crippen LogP contribution in [0.1, 0.15) is 45.4 Å². The van der Waals surface area contributed by atoms with Crippen molar-refractivity contribution in [1.29, 1.82) is 0 Å². The number of hydrogen-bond donors (Lipinski definition) is 1. The van der Waals surface area contributed by atoms with Gasteiger partial charge in [0.1, 0.15) is 5.82 Å². The number of methoxy groups -OCH3 is 1. The molecule has 0 fully saturated rings. The van der Waals surface area contributed by atoms with Crippen LogP contribution in [-0.4, -0.2) is 13.1 Å². The second-order valence-electron chi connectivity index (χ2n) is 6.72. The van der Waals surface area contributed by atoms with E-state index < -0.39 is 0 Å². The van der Waals surface area contributed by atoms with Crippen LogP contribution in [0.25, 0.3) is 0 Å². The van der Waals surface area contributed by atoms with E-state index in [1.807, 2.05) is 31.2 Å². The first-order valence-corrected chi connectivity index (χ1v) is 8.50. The molecular weight excluding hydrogens is 317 g/mol. The summed E-state index contributed by atoms with van der Waals surface area (Å²) in [5.74, 6) is 0.132. The van der Waals surface area contributed by atoms with Gasteiger partial charge in [-0.1, -0.05) is 30.4 Å². The Bertz CT molecular complexity index is 857. The van der Waals surface area contributed by atoms with Crippen molar-refractivity contribution in [3.8, 4) is 0 Å². The van der Waals surface area contributed by atoms with Gasteiger partial charge in [-0.05, 0) is 54.2 Å². The third-order valence-corrected chi connectivity index (χ3v) is 5.43. The zero-order valence-electron chi connectivity index (χ0n) is 14.3. The van der Waals surface area contributed by atoms with Gasteiger partial charge in [0.15, 0.2) is 0 Å². The minimum Gasteiger partial charge on any atom is -0.465 e. The molecule has 0 unspecified atom stereocenters. The van der Waals surface area contributed by atoms with E-state index in [2.05, 4.69) is 17.5 Å². The Hall–Kier alpha value is -2.62. The highest BCUT2D eigenvalue weighted by atomic mass is 19.1. The van der Waals surface area contributed by atoms with Gasteiger partial charge in [0.2, 0.25) is 0 Å². The van der Waals surface area contributed by atoms with Crippen LogP contribution in [0.4, 0.5) is 10.1 Å². The Morgan fingerprint density at radius 3 is 2.68 bits per heavy atom. The molecule has 2 aromatic rings. The van der Waals surface area contributed by atoms with Gasteiger partial charge in [0.25, 0.3) is 0 Å². The topological polar surface area (TPSA) is 38.3 Å². The summed E-state index contributed by atoms with van der Waals surface area (Å²) >= 11 is 0. The zero-order chi connectivity index (χ0) is 17.6. The molecule has 1 aliphatic carbocycles. The summed E-state index contributed by atoms with van der Waals surface area (Å²) in [5, 5.41) is 3.62. The fourth-order valence-corrected chi connectivity index (χ4v) is 4.15. The first-order chi connectivity index (χ1) is 12.1. The second-order valence-corrected chi connectivity index (χ2v) is 6.72. The van der Waals surface area contributed by atoms with E-state index in [1.54, 1.807) is 0 Å². The molecule has 0 saturated heterocycles. The minimum absolute atomic E-state index is 0.0831. The Morgan fingerprint density at radius 1 is 1.20 bits per heavy atom. The van der Waals surface area contributed by atoms with Crippen LogP contribution in [0.3, 0.4) is 0 Å². The Kier molecular flexibility index (Phi) is 3.83. The molecule has 1 aliphatic heterocycles. The largest absolute Gasteiger partial charge is 0.465 e. The van der Waals surface area contributed by atoms with Crippen molar-refractivity contribution in [2.24, 2.45) is 5.92 Å². The molecule has 1 N–H and O–H groups in total. The molecule has 0 radical (unpaired) electrons. The summed E-state index contributed by atoms with van der Waals surface area (Å²) in [5.41, 5.74) is 4.74. The lowest BCUT2D eigenvalue weighted by molar-refractivity contribution is 0.0600. The summed E-state index contributed by atoms with van der Waals surface area (Å²) in [6.45, 7) is 1.94. The number of halogens is 1. The lowest BCUT2D eigenvalue weighted by atomic mass is 9.76. The molecule has 25 heavy (non-hydrogen) atoms. The average Bonchev–Trinajstić information content (AvgIpc) is 3.12. The fourth-order valence-electron chi connectivity index (χ4n) is 4.15. The molecule has 128 valence electrons. The molecule has 0 amide bonds. The SMILES string of the molecule is COC(=O)c1ccc2c(c1C)N[C@H](c1ccc(F)cc1)[C@H]1CC=C[C@H]21. The maximum atomic E-state index is 13.3. The summed E-state index contributed by atoms with van der Waals surface area (Å²) < 4.78 is 18.2. The van der Waals surface area contributed by atoms with Gasteiger partial charge in [-0.3, -0.25) is 0 Å². The number of rotatable bonds is 2. The highest BCUT2D eigenvalue weighted by Gasteiger charge is 2.39. The summed E-state index contributed by atoms with van der Waals surface area (Å²) in [6, 6.07) is 10.6. The van der Waals surface area contributed by atoms with E-state index in [-0.39, 0.29) is 17.8 Å². The van der Waals surface area contributed by atoms with E-state index in [0.29, 0.717) is 17.4 Å². The highest BCUT2D eigenvalue weighted by Crippen LogP contribution is 2.50. The number of carbonyl (C=O) groups is 1. The number of anilines is 1. The van der Waals surface area contributed by atoms with Crippen molar-refractivity contribution in [3.05, 3.63) is 76.6 Å². The number of nitrogens with one attached hydrogen (secondary N) is 1. The molecule has 1 heterocycles. The molecule has 3 atom stereocenters. The number of allylic oxidation sites excluding steroid dienone is 2. The average molecular weight is 337 g/mol. The van der Waals surface area contributed by atoms with Crippen LogP contribution in [0.2, 0.25) is 0 Å². The molecule has 4 rings (SSSR count). The molecule has 3 nitrogen and oxygen atoms in total. The summed E-state index contributed by atoms with van der Waals surface area (Å²) in [7, 11) is 1.39. The van der Waals surface area contributed by atoms with Crippen LogP contribution in [0, 0.1) is 18.7 Å².